The third kappa shape index (κ3) is 3.57. The lowest BCUT2D eigenvalue weighted by atomic mass is 9.99. The molecule has 0 aliphatic rings. The summed E-state index contributed by atoms with van der Waals surface area (Å²) in [5.41, 5.74) is 10.6. The van der Waals surface area contributed by atoms with Crippen LogP contribution in [0, 0.1) is 11.3 Å². The topological polar surface area (TPSA) is 46.8 Å². The van der Waals surface area contributed by atoms with Crippen LogP contribution < -0.4 is 0 Å². The Kier molecular flexibility index (Phi) is 5.32. The van der Waals surface area contributed by atoms with Crippen molar-refractivity contribution in [2.45, 2.75) is 0 Å². The van der Waals surface area contributed by atoms with Crippen LogP contribution in [0.4, 0.5) is 0 Å². The van der Waals surface area contributed by atoms with Crippen molar-refractivity contribution in [3.63, 3.8) is 0 Å². The molecule has 0 aliphatic heterocycles. The van der Waals surface area contributed by atoms with Gasteiger partial charge >= 0.3 is 0 Å². The minimum atomic E-state index is 0.625. The highest BCUT2D eigenvalue weighted by Crippen LogP contribution is 2.42. The van der Waals surface area contributed by atoms with E-state index in [1.807, 2.05) is 24.3 Å². The van der Waals surface area contributed by atoms with Crippen LogP contribution in [0.5, 0.6) is 0 Å². The molecule has 4 nitrogen and oxygen atoms in total. The summed E-state index contributed by atoms with van der Waals surface area (Å²) >= 11 is 0. The monoisotopic (exact) mass is 599 g/mol. The summed E-state index contributed by atoms with van der Waals surface area (Å²) in [6.07, 6.45) is 0. The van der Waals surface area contributed by atoms with Gasteiger partial charge in [0.1, 0.15) is 11.7 Å². The van der Waals surface area contributed by atoms with E-state index in [1.165, 1.54) is 5.39 Å². The number of benzene rings is 7. The van der Waals surface area contributed by atoms with Crippen molar-refractivity contribution >= 4 is 65.6 Å². The first-order valence-electron chi connectivity index (χ1n) is 15.8. The summed E-state index contributed by atoms with van der Waals surface area (Å²) < 4.78 is 11.2. The molecule has 0 spiro atoms. The van der Waals surface area contributed by atoms with Crippen molar-refractivity contribution in [1.82, 2.24) is 9.13 Å². The summed E-state index contributed by atoms with van der Waals surface area (Å²) in [5, 5.41) is 17.3. The van der Waals surface area contributed by atoms with E-state index in [2.05, 4.69) is 143 Å². The molecule has 0 atom stereocenters. The van der Waals surface area contributed by atoms with Gasteiger partial charge in [-0.1, -0.05) is 103 Å². The molecule has 10 rings (SSSR count). The van der Waals surface area contributed by atoms with Gasteiger partial charge in [0.15, 0.2) is 5.58 Å². The van der Waals surface area contributed by atoms with Gasteiger partial charge in [-0.2, -0.15) is 5.26 Å². The van der Waals surface area contributed by atoms with Gasteiger partial charge in [0.2, 0.25) is 0 Å². The van der Waals surface area contributed by atoms with E-state index in [-0.39, 0.29) is 0 Å². The molecule has 3 aromatic heterocycles. The molecular weight excluding hydrogens is 574 g/mol. The Morgan fingerprint density at radius 2 is 1.09 bits per heavy atom. The van der Waals surface area contributed by atoms with Crippen molar-refractivity contribution < 1.29 is 4.42 Å². The minimum Gasteiger partial charge on any atom is -0.454 e. The second-order valence-electron chi connectivity index (χ2n) is 12.0. The summed E-state index contributed by atoms with van der Waals surface area (Å²) in [6.45, 7) is 0. The number of nitriles is 1. The van der Waals surface area contributed by atoms with E-state index >= 15 is 0 Å². The summed E-state index contributed by atoms with van der Waals surface area (Å²) in [4.78, 5) is 0. The molecule has 7 aromatic carbocycles. The van der Waals surface area contributed by atoms with Crippen LogP contribution in [0.2, 0.25) is 0 Å². The Labute approximate surface area is 269 Å². The number of furan rings is 1. The highest BCUT2D eigenvalue weighted by molar-refractivity contribution is 6.21. The standard InChI is InChI=1S/C43H25N3O/c44-26-28-12-10-18-30(41(28)46-38-20-6-1-14-31(38)32-15-2-7-21-39(32)46)27-11-9-13-29(25-27)45-37-19-5-3-16-33(37)35-23-24-36-34-17-4-8-22-40(34)47-43(36)42(35)45/h1-25H. The second kappa shape index (κ2) is 9.71. The van der Waals surface area contributed by atoms with E-state index in [0.717, 1.165) is 82.7 Å². The Morgan fingerprint density at radius 3 is 1.81 bits per heavy atom. The SMILES string of the molecule is N#Cc1cccc(-c2cccc(-n3c4ccccc4c4ccc5c6ccccc6oc5c43)c2)c1-n1c2ccccc2c2ccccc21. The Hall–Kier alpha value is -6.57. The number of hydrogen-bond acceptors (Lipinski definition) is 2. The fourth-order valence-electron chi connectivity index (χ4n) is 7.58. The number of rotatable bonds is 3. The molecule has 0 fully saturated rings. The van der Waals surface area contributed by atoms with Crippen LogP contribution >= 0.6 is 0 Å². The highest BCUT2D eigenvalue weighted by Gasteiger charge is 2.21. The maximum atomic E-state index is 10.5. The van der Waals surface area contributed by atoms with E-state index in [0.29, 0.717) is 5.56 Å². The zero-order valence-electron chi connectivity index (χ0n) is 25.2. The molecule has 0 bridgehead atoms. The van der Waals surface area contributed by atoms with Gasteiger partial charge in [-0.3, -0.25) is 0 Å². The summed E-state index contributed by atoms with van der Waals surface area (Å²) in [5.74, 6) is 0. The van der Waals surface area contributed by atoms with Gasteiger partial charge in [0, 0.05) is 43.6 Å². The summed E-state index contributed by atoms with van der Waals surface area (Å²) in [7, 11) is 0. The molecule has 3 heterocycles. The Bertz CT molecular complexity index is 2880. The van der Waals surface area contributed by atoms with Crippen LogP contribution in [-0.2, 0) is 0 Å². The number of nitrogens with zero attached hydrogens (tertiary/aromatic N) is 3. The normalized spacial score (nSPS) is 11.8. The van der Waals surface area contributed by atoms with Gasteiger partial charge < -0.3 is 13.6 Å². The van der Waals surface area contributed by atoms with Crippen LogP contribution in [0.1, 0.15) is 5.56 Å². The maximum Gasteiger partial charge on any atom is 0.160 e. The maximum absolute atomic E-state index is 10.5. The first-order chi connectivity index (χ1) is 23.3. The largest absolute Gasteiger partial charge is 0.454 e. The average Bonchev–Trinajstić information content (AvgIpc) is 3.79. The molecule has 0 N–H and O–H groups in total. The molecule has 218 valence electrons. The van der Waals surface area contributed by atoms with Gasteiger partial charge in [0.25, 0.3) is 0 Å². The fourth-order valence-corrected chi connectivity index (χ4v) is 7.58. The highest BCUT2D eigenvalue weighted by atomic mass is 16.3. The van der Waals surface area contributed by atoms with Crippen molar-refractivity contribution in [2.75, 3.05) is 0 Å². The smallest absolute Gasteiger partial charge is 0.160 e. The predicted molar refractivity (Wildman–Crippen MR) is 193 cm³/mol. The number of para-hydroxylation sites is 5. The van der Waals surface area contributed by atoms with Gasteiger partial charge in [-0.05, 0) is 54.1 Å². The van der Waals surface area contributed by atoms with Gasteiger partial charge in [-0.15, -0.1) is 0 Å². The molecule has 0 unspecified atom stereocenters. The lowest BCUT2D eigenvalue weighted by molar-refractivity contribution is 0.671. The fraction of sp³-hybridized carbons (Fsp3) is 0. The van der Waals surface area contributed by atoms with Gasteiger partial charge in [0.05, 0.1) is 33.3 Å². The molecule has 0 aliphatic carbocycles. The van der Waals surface area contributed by atoms with Crippen molar-refractivity contribution in [3.8, 4) is 28.6 Å². The molecule has 0 saturated heterocycles. The summed E-state index contributed by atoms with van der Waals surface area (Å²) in [6, 6.07) is 55.2. The zero-order chi connectivity index (χ0) is 31.1. The van der Waals surface area contributed by atoms with Crippen LogP contribution in [0.15, 0.2) is 156 Å². The quantitative estimate of drug-likeness (QED) is 0.203. The van der Waals surface area contributed by atoms with Crippen molar-refractivity contribution in [3.05, 3.63) is 157 Å². The van der Waals surface area contributed by atoms with E-state index < -0.39 is 0 Å². The molecule has 0 amide bonds. The predicted octanol–water partition coefficient (Wildman–Crippen LogP) is 11.3. The zero-order valence-corrected chi connectivity index (χ0v) is 25.2. The Balaban J connectivity index is 1.28. The third-order valence-electron chi connectivity index (χ3n) is 9.55. The Morgan fingerprint density at radius 1 is 0.489 bits per heavy atom. The third-order valence-corrected chi connectivity index (χ3v) is 9.55. The van der Waals surface area contributed by atoms with E-state index in [1.54, 1.807) is 0 Å². The molecule has 0 saturated carbocycles. The van der Waals surface area contributed by atoms with Crippen molar-refractivity contribution in [2.24, 2.45) is 0 Å². The first-order valence-corrected chi connectivity index (χ1v) is 15.8. The molecule has 47 heavy (non-hydrogen) atoms. The average molecular weight is 600 g/mol. The number of hydrogen-bond donors (Lipinski definition) is 0. The molecular formula is C43H25N3O. The van der Waals surface area contributed by atoms with E-state index in [9.17, 15) is 5.26 Å². The number of fused-ring (bicyclic) bond motifs is 10. The molecule has 10 aromatic rings. The van der Waals surface area contributed by atoms with Crippen molar-refractivity contribution in [1.29, 1.82) is 5.26 Å². The van der Waals surface area contributed by atoms with Crippen LogP contribution in [0.25, 0.3) is 88.1 Å². The van der Waals surface area contributed by atoms with Crippen LogP contribution in [0.3, 0.4) is 0 Å². The first kappa shape index (κ1) is 25.7. The number of aromatic nitrogens is 2. The van der Waals surface area contributed by atoms with E-state index in [4.69, 9.17) is 4.42 Å². The lowest BCUT2D eigenvalue weighted by Crippen LogP contribution is -2.01. The molecule has 4 heteroatoms. The minimum absolute atomic E-state index is 0.625. The lowest BCUT2D eigenvalue weighted by Gasteiger charge is -2.17. The molecule has 0 radical (unpaired) electrons. The van der Waals surface area contributed by atoms with Gasteiger partial charge in [-0.25, -0.2) is 0 Å². The van der Waals surface area contributed by atoms with Crippen LogP contribution in [-0.4, -0.2) is 9.13 Å². The second-order valence-corrected chi connectivity index (χ2v) is 12.0.